The van der Waals surface area contributed by atoms with Crippen LogP contribution in [0.1, 0.15) is 75.6 Å². The number of ether oxygens (including phenoxy) is 2. The van der Waals surface area contributed by atoms with Gasteiger partial charge >= 0.3 is 5.97 Å². The van der Waals surface area contributed by atoms with E-state index in [0.717, 1.165) is 12.8 Å². The zero-order valence-electron chi connectivity index (χ0n) is 15.3. The summed E-state index contributed by atoms with van der Waals surface area (Å²) in [5.41, 5.74) is 0.502. The van der Waals surface area contributed by atoms with E-state index in [1.165, 1.54) is 38.5 Å². The summed E-state index contributed by atoms with van der Waals surface area (Å²) >= 11 is 0. The first kappa shape index (κ1) is 20.3. The molecule has 0 spiro atoms. The number of para-hydroxylation sites is 1. The Balaban J connectivity index is 2.18. The molecule has 0 aliphatic rings. The van der Waals surface area contributed by atoms with Crippen LogP contribution in [-0.4, -0.2) is 19.2 Å². The van der Waals surface area contributed by atoms with Crippen LogP contribution in [0.2, 0.25) is 0 Å². The van der Waals surface area contributed by atoms with Gasteiger partial charge in [0.25, 0.3) is 0 Å². The molecule has 0 aromatic heterocycles. The molecule has 0 N–H and O–H groups in total. The van der Waals surface area contributed by atoms with Crippen LogP contribution in [0.25, 0.3) is 0 Å². The molecule has 0 bridgehead atoms. The molecule has 0 atom stereocenters. The van der Waals surface area contributed by atoms with Crippen LogP contribution >= 0.6 is 0 Å². The van der Waals surface area contributed by atoms with Crippen molar-refractivity contribution < 1.29 is 14.3 Å². The van der Waals surface area contributed by atoms with Gasteiger partial charge < -0.3 is 9.47 Å². The van der Waals surface area contributed by atoms with E-state index in [0.29, 0.717) is 24.5 Å². The first-order chi connectivity index (χ1) is 11.8. The standard InChI is InChI=1S/C21H32O3/c1-3-5-6-7-8-9-10-11-12-15-18-24-20-17-14-13-16-19(20)21(22)23-4-2/h10-11,13-14,16-17H,3-9,12,15,18H2,1-2H3. The van der Waals surface area contributed by atoms with Gasteiger partial charge in [0.05, 0.1) is 13.2 Å². The molecule has 1 aromatic carbocycles. The number of carbonyl (C=O) groups is 1. The maximum atomic E-state index is 11.9. The predicted molar refractivity (Wildman–Crippen MR) is 99.6 cm³/mol. The van der Waals surface area contributed by atoms with Gasteiger partial charge in [-0.05, 0) is 44.7 Å². The SMILES string of the molecule is CCCCCCCC=CCCCOc1ccccc1C(=O)OCC. The summed E-state index contributed by atoms with van der Waals surface area (Å²) < 4.78 is 10.8. The number of rotatable bonds is 13. The molecule has 1 aromatic rings. The Labute approximate surface area is 147 Å². The highest BCUT2D eigenvalue weighted by atomic mass is 16.5. The maximum absolute atomic E-state index is 11.9. The van der Waals surface area contributed by atoms with E-state index in [1.807, 2.05) is 18.2 Å². The highest BCUT2D eigenvalue weighted by molar-refractivity contribution is 5.92. The summed E-state index contributed by atoms with van der Waals surface area (Å²) in [6.45, 7) is 5.03. The Kier molecular flexibility index (Phi) is 11.5. The maximum Gasteiger partial charge on any atom is 0.341 e. The molecule has 1 rings (SSSR count). The molecule has 0 aliphatic carbocycles. The fourth-order valence-electron chi connectivity index (χ4n) is 2.45. The molecule has 0 heterocycles. The third-order valence-electron chi connectivity index (χ3n) is 3.80. The van der Waals surface area contributed by atoms with Crippen molar-refractivity contribution in [2.24, 2.45) is 0 Å². The third-order valence-corrected chi connectivity index (χ3v) is 3.80. The van der Waals surface area contributed by atoms with Crippen LogP contribution in [0.3, 0.4) is 0 Å². The summed E-state index contributed by atoms with van der Waals surface area (Å²) in [6.07, 6.45) is 14.3. The van der Waals surface area contributed by atoms with Gasteiger partial charge in [0.15, 0.2) is 0 Å². The van der Waals surface area contributed by atoms with E-state index >= 15 is 0 Å². The minimum absolute atomic E-state index is 0.323. The molecule has 0 saturated heterocycles. The van der Waals surface area contributed by atoms with Crippen LogP contribution in [0.5, 0.6) is 5.75 Å². The van der Waals surface area contributed by atoms with Crippen molar-refractivity contribution in [1.82, 2.24) is 0 Å². The molecule has 0 radical (unpaired) electrons. The lowest BCUT2D eigenvalue weighted by atomic mass is 10.1. The van der Waals surface area contributed by atoms with Crippen LogP contribution in [0.4, 0.5) is 0 Å². The van der Waals surface area contributed by atoms with Crippen molar-refractivity contribution in [3.05, 3.63) is 42.0 Å². The number of hydrogen-bond donors (Lipinski definition) is 0. The van der Waals surface area contributed by atoms with Crippen molar-refractivity contribution in [3.8, 4) is 5.75 Å². The minimum atomic E-state index is -0.323. The summed E-state index contributed by atoms with van der Waals surface area (Å²) in [5.74, 6) is 0.284. The molecule has 0 unspecified atom stereocenters. The second kappa shape index (κ2) is 13.6. The van der Waals surface area contributed by atoms with E-state index in [1.54, 1.807) is 13.0 Å². The number of hydrogen-bond acceptors (Lipinski definition) is 3. The van der Waals surface area contributed by atoms with Crippen LogP contribution in [-0.2, 0) is 4.74 Å². The lowest BCUT2D eigenvalue weighted by Crippen LogP contribution is -2.08. The second-order valence-corrected chi connectivity index (χ2v) is 5.88. The van der Waals surface area contributed by atoms with E-state index in [-0.39, 0.29) is 5.97 Å². The Morgan fingerprint density at radius 1 is 0.958 bits per heavy atom. The van der Waals surface area contributed by atoms with Gasteiger partial charge in [-0.25, -0.2) is 4.79 Å². The largest absolute Gasteiger partial charge is 0.493 e. The summed E-state index contributed by atoms with van der Waals surface area (Å²) in [7, 11) is 0. The Morgan fingerprint density at radius 3 is 2.42 bits per heavy atom. The molecule has 0 amide bonds. The third kappa shape index (κ3) is 8.76. The zero-order chi connectivity index (χ0) is 17.5. The number of unbranched alkanes of at least 4 members (excludes halogenated alkanes) is 6. The Bertz CT molecular complexity index is 480. The van der Waals surface area contributed by atoms with Gasteiger partial charge in [-0.1, -0.05) is 56.9 Å². The summed E-state index contributed by atoms with van der Waals surface area (Å²) in [5, 5.41) is 0. The lowest BCUT2D eigenvalue weighted by Gasteiger charge is -2.10. The minimum Gasteiger partial charge on any atom is -0.493 e. The average molecular weight is 332 g/mol. The number of allylic oxidation sites excluding steroid dienone is 2. The van der Waals surface area contributed by atoms with Crippen LogP contribution < -0.4 is 4.74 Å². The molecule has 24 heavy (non-hydrogen) atoms. The molecule has 0 fully saturated rings. The number of esters is 1. The molecule has 3 heteroatoms. The summed E-state index contributed by atoms with van der Waals surface area (Å²) in [4.78, 5) is 11.9. The van der Waals surface area contributed by atoms with Crippen LogP contribution in [0.15, 0.2) is 36.4 Å². The van der Waals surface area contributed by atoms with Crippen molar-refractivity contribution >= 4 is 5.97 Å². The predicted octanol–water partition coefficient (Wildman–Crippen LogP) is 5.94. The molecule has 0 aliphatic heterocycles. The number of carbonyl (C=O) groups excluding carboxylic acids is 1. The first-order valence-electron chi connectivity index (χ1n) is 9.33. The normalized spacial score (nSPS) is 10.9. The van der Waals surface area contributed by atoms with Gasteiger partial charge in [-0.2, -0.15) is 0 Å². The smallest absolute Gasteiger partial charge is 0.341 e. The molecular weight excluding hydrogens is 300 g/mol. The van der Waals surface area contributed by atoms with E-state index in [9.17, 15) is 4.79 Å². The van der Waals surface area contributed by atoms with Crippen molar-refractivity contribution in [2.45, 2.75) is 65.2 Å². The molecular formula is C21H32O3. The van der Waals surface area contributed by atoms with Gasteiger partial charge in [0.1, 0.15) is 11.3 Å². The topological polar surface area (TPSA) is 35.5 Å². The fraction of sp³-hybridized carbons (Fsp3) is 0.571. The van der Waals surface area contributed by atoms with E-state index in [2.05, 4.69) is 19.1 Å². The molecule has 3 nitrogen and oxygen atoms in total. The monoisotopic (exact) mass is 332 g/mol. The van der Waals surface area contributed by atoms with Crippen molar-refractivity contribution in [1.29, 1.82) is 0 Å². The highest BCUT2D eigenvalue weighted by Crippen LogP contribution is 2.19. The lowest BCUT2D eigenvalue weighted by molar-refractivity contribution is 0.0521. The van der Waals surface area contributed by atoms with Crippen LogP contribution in [0, 0.1) is 0 Å². The quantitative estimate of drug-likeness (QED) is 0.255. The fourth-order valence-corrected chi connectivity index (χ4v) is 2.45. The zero-order valence-corrected chi connectivity index (χ0v) is 15.3. The first-order valence-corrected chi connectivity index (χ1v) is 9.33. The van der Waals surface area contributed by atoms with Gasteiger partial charge in [-0.3, -0.25) is 0 Å². The average Bonchev–Trinajstić information content (AvgIpc) is 2.60. The summed E-state index contributed by atoms with van der Waals surface area (Å²) in [6, 6.07) is 7.25. The molecule has 0 saturated carbocycles. The van der Waals surface area contributed by atoms with Gasteiger partial charge in [0, 0.05) is 0 Å². The van der Waals surface area contributed by atoms with Crippen molar-refractivity contribution in [3.63, 3.8) is 0 Å². The van der Waals surface area contributed by atoms with Gasteiger partial charge in [0.2, 0.25) is 0 Å². The Morgan fingerprint density at radius 2 is 1.67 bits per heavy atom. The van der Waals surface area contributed by atoms with Gasteiger partial charge in [-0.15, -0.1) is 0 Å². The van der Waals surface area contributed by atoms with E-state index in [4.69, 9.17) is 9.47 Å². The van der Waals surface area contributed by atoms with E-state index < -0.39 is 0 Å². The number of benzene rings is 1. The Hall–Kier alpha value is -1.77. The molecule has 134 valence electrons. The second-order valence-electron chi connectivity index (χ2n) is 5.88. The highest BCUT2D eigenvalue weighted by Gasteiger charge is 2.12. The van der Waals surface area contributed by atoms with Crippen molar-refractivity contribution in [2.75, 3.05) is 13.2 Å².